The van der Waals surface area contributed by atoms with Gasteiger partial charge in [0.15, 0.2) is 0 Å². The molecule has 4 rings (SSSR count). The molecule has 0 aliphatic heterocycles. The first-order chi connectivity index (χ1) is 16.8. The maximum atomic E-state index is 12.6. The van der Waals surface area contributed by atoms with Crippen molar-refractivity contribution in [3.8, 4) is 0 Å². The summed E-state index contributed by atoms with van der Waals surface area (Å²) >= 11 is 0. The van der Waals surface area contributed by atoms with Gasteiger partial charge in [-0.05, 0) is 117 Å². The predicted octanol–water partition coefficient (Wildman–Crippen LogP) is 6.70. The fraction of sp³-hybridized carbons (Fsp3) is 0.806. The van der Waals surface area contributed by atoms with E-state index in [4.69, 9.17) is 4.74 Å². The van der Waals surface area contributed by atoms with E-state index in [1.165, 1.54) is 12.5 Å². The Bertz CT molecular complexity index is 960. The molecule has 0 aromatic heterocycles. The molecule has 4 aliphatic rings. The van der Waals surface area contributed by atoms with Crippen molar-refractivity contribution >= 4 is 11.9 Å². The molecule has 5 heteroatoms. The first-order valence-electron chi connectivity index (χ1n) is 14.2. The molecule has 0 saturated heterocycles. The number of carboxylic acids is 1. The quantitative estimate of drug-likeness (QED) is 0.249. The summed E-state index contributed by atoms with van der Waals surface area (Å²) < 4.78 is 5.92. The maximum Gasteiger partial charge on any atom is 0.331 e. The number of allylic oxidation sites excluding steroid dienone is 2. The van der Waals surface area contributed by atoms with Crippen LogP contribution in [0, 0.1) is 39.9 Å². The molecular formula is C31H48O5. The maximum absolute atomic E-state index is 12.6. The normalized spacial score (nSPS) is 45.1. The average molecular weight is 501 g/mol. The largest absolute Gasteiger partial charge is 0.478 e. The second-order valence-electron chi connectivity index (χ2n) is 13.5. The van der Waals surface area contributed by atoms with Crippen molar-refractivity contribution in [1.29, 1.82) is 0 Å². The Labute approximate surface area is 217 Å². The van der Waals surface area contributed by atoms with Crippen LogP contribution in [0.5, 0.6) is 0 Å². The number of esters is 1. The van der Waals surface area contributed by atoms with Gasteiger partial charge in [-0.3, -0.25) is 4.79 Å². The van der Waals surface area contributed by atoms with Crippen molar-refractivity contribution in [2.45, 2.75) is 118 Å². The van der Waals surface area contributed by atoms with Crippen molar-refractivity contribution in [1.82, 2.24) is 0 Å². The molecule has 0 heterocycles. The minimum absolute atomic E-state index is 0.0346. The summed E-state index contributed by atoms with van der Waals surface area (Å²) in [5, 5.41) is 21.0. The molecule has 0 aromatic carbocycles. The highest BCUT2D eigenvalue weighted by Gasteiger charge is 2.68. The molecule has 4 fully saturated rings. The Morgan fingerprint density at radius 2 is 1.72 bits per heavy atom. The molecule has 0 radical (unpaired) electrons. The number of aliphatic carboxylic acids is 1. The van der Waals surface area contributed by atoms with Crippen molar-refractivity contribution in [2.75, 3.05) is 0 Å². The zero-order valence-electron chi connectivity index (χ0n) is 23.5. The number of hydrogen-bond acceptors (Lipinski definition) is 4. The highest BCUT2D eigenvalue weighted by atomic mass is 16.5. The van der Waals surface area contributed by atoms with Crippen LogP contribution in [0.3, 0.4) is 0 Å². The molecule has 0 unspecified atom stereocenters. The van der Waals surface area contributed by atoms with Gasteiger partial charge in [-0.2, -0.15) is 0 Å². The Morgan fingerprint density at radius 1 is 1.03 bits per heavy atom. The molecule has 9 atom stereocenters. The molecule has 0 spiro atoms. The lowest BCUT2D eigenvalue weighted by Crippen LogP contribution is -2.61. The first kappa shape index (κ1) is 27.4. The molecule has 2 N–H and O–H groups in total. The van der Waals surface area contributed by atoms with E-state index in [1.54, 1.807) is 0 Å². The molecule has 0 amide bonds. The molecule has 0 bridgehead atoms. The lowest BCUT2D eigenvalue weighted by Gasteiger charge is -2.68. The minimum atomic E-state index is -0.869. The fourth-order valence-corrected chi connectivity index (χ4v) is 9.72. The molecule has 4 aliphatic carbocycles. The Hall–Kier alpha value is -1.62. The molecule has 4 saturated carbocycles. The molecule has 202 valence electrons. The lowest BCUT2D eigenvalue weighted by molar-refractivity contribution is -0.198. The van der Waals surface area contributed by atoms with E-state index in [-0.39, 0.29) is 34.2 Å². The summed E-state index contributed by atoms with van der Waals surface area (Å²) in [5.41, 5.74) is 2.62. The number of carboxylic acid groups (broad SMARTS) is 1. The van der Waals surface area contributed by atoms with Crippen LogP contribution in [0.2, 0.25) is 0 Å². The van der Waals surface area contributed by atoms with Gasteiger partial charge in [0.05, 0.1) is 6.10 Å². The van der Waals surface area contributed by atoms with Crippen LogP contribution >= 0.6 is 0 Å². The van der Waals surface area contributed by atoms with Crippen molar-refractivity contribution in [3.63, 3.8) is 0 Å². The third kappa shape index (κ3) is 4.18. The van der Waals surface area contributed by atoms with Crippen LogP contribution in [0.15, 0.2) is 22.8 Å². The number of ether oxygens (including phenoxy) is 1. The zero-order chi connectivity index (χ0) is 26.6. The summed E-state index contributed by atoms with van der Waals surface area (Å²) in [6.45, 7) is 15.0. The van der Waals surface area contributed by atoms with Gasteiger partial charge in [-0.25, -0.2) is 4.79 Å². The topological polar surface area (TPSA) is 83.8 Å². The predicted molar refractivity (Wildman–Crippen MR) is 141 cm³/mol. The summed E-state index contributed by atoms with van der Waals surface area (Å²) in [7, 11) is 0. The zero-order valence-corrected chi connectivity index (χ0v) is 23.5. The SMILES string of the molecule is CC(=O)O[C@@H]1C[C@@]2(C)[C@@H](CC[C@H]3[C@@]4(C)CC[C@@H](O)[C@@H](C)[C@@H]4CC[C@@]32C)/C1=C(\CCC=C(C)C)C(=O)O. The third-order valence-corrected chi connectivity index (χ3v) is 11.6. The number of fused-ring (bicyclic) bond motifs is 5. The number of carbonyl (C=O) groups is 2. The van der Waals surface area contributed by atoms with Gasteiger partial charge in [0, 0.05) is 12.5 Å². The van der Waals surface area contributed by atoms with E-state index in [0.717, 1.165) is 44.1 Å². The van der Waals surface area contributed by atoms with Crippen molar-refractivity contribution in [3.05, 3.63) is 22.8 Å². The van der Waals surface area contributed by atoms with Crippen molar-refractivity contribution < 1.29 is 24.5 Å². The molecule has 0 aromatic rings. The first-order valence-corrected chi connectivity index (χ1v) is 14.2. The number of aliphatic hydroxyl groups excluding tert-OH is 1. The van der Waals surface area contributed by atoms with Gasteiger partial charge in [0.25, 0.3) is 0 Å². The number of aliphatic hydroxyl groups is 1. The van der Waals surface area contributed by atoms with E-state index >= 15 is 0 Å². The van der Waals surface area contributed by atoms with Gasteiger partial charge in [0.2, 0.25) is 0 Å². The van der Waals surface area contributed by atoms with Gasteiger partial charge < -0.3 is 14.9 Å². The highest BCUT2D eigenvalue weighted by molar-refractivity contribution is 5.88. The number of rotatable bonds is 5. The van der Waals surface area contributed by atoms with E-state index in [2.05, 4.69) is 33.8 Å². The minimum Gasteiger partial charge on any atom is -0.478 e. The summed E-state index contributed by atoms with van der Waals surface area (Å²) in [6, 6.07) is 0. The second-order valence-corrected chi connectivity index (χ2v) is 13.5. The van der Waals surface area contributed by atoms with Crippen LogP contribution in [0.1, 0.15) is 106 Å². The van der Waals surface area contributed by atoms with E-state index in [1.807, 2.05) is 13.8 Å². The average Bonchev–Trinajstić information content (AvgIpc) is 3.05. The van der Waals surface area contributed by atoms with Crippen LogP contribution in [0.4, 0.5) is 0 Å². The highest BCUT2D eigenvalue weighted by Crippen LogP contribution is 2.74. The lowest BCUT2D eigenvalue weighted by atomic mass is 9.37. The number of carbonyl (C=O) groups excluding carboxylic acids is 1. The fourth-order valence-electron chi connectivity index (χ4n) is 9.72. The van der Waals surface area contributed by atoms with E-state index in [9.17, 15) is 19.8 Å². The van der Waals surface area contributed by atoms with E-state index in [0.29, 0.717) is 42.6 Å². The van der Waals surface area contributed by atoms with Crippen LogP contribution in [-0.4, -0.2) is 34.4 Å². The van der Waals surface area contributed by atoms with Gasteiger partial charge in [0.1, 0.15) is 6.10 Å². The van der Waals surface area contributed by atoms with Crippen LogP contribution < -0.4 is 0 Å². The molecule has 36 heavy (non-hydrogen) atoms. The smallest absolute Gasteiger partial charge is 0.331 e. The third-order valence-electron chi connectivity index (χ3n) is 11.6. The summed E-state index contributed by atoms with van der Waals surface area (Å²) in [6.07, 6.45) is 9.44. The number of hydrogen-bond donors (Lipinski definition) is 2. The Kier molecular flexibility index (Phi) is 7.31. The summed E-state index contributed by atoms with van der Waals surface area (Å²) in [4.78, 5) is 24.8. The summed E-state index contributed by atoms with van der Waals surface area (Å²) in [5.74, 6) is 0.288. The van der Waals surface area contributed by atoms with E-state index < -0.39 is 12.1 Å². The van der Waals surface area contributed by atoms with Crippen molar-refractivity contribution in [2.24, 2.45) is 39.9 Å². The van der Waals surface area contributed by atoms with Gasteiger partial charge in [-0.15, -0.1) is 0 Å². The van der Waals surface area contributed by atoms with Crippen LogP contribution in [0.25, 0.3) is 0 Å². The van der Waals surface area contributed by atoms with Gasteiger partial charge in [-0.1, -0.05) is 39.3 Å². The van der Waals surface area contributed by atoms with Crippen LogP contribution in [-0.2, 0) is 14.3 Å². The Morgan fingerprint density at radius 3 is 2.33 bits per heavy atom. The van der Waals surface area contributed by atoms with Gasteiger partial charge >= 0.3 is 11.9 Å². The molecule has 5 nitrogen and oxygen atoms in total. The monoisotopic (exact) mass is 500 g/mol. The standard InChI is InChI=1S/C31H48O5/c1-18(2)9-8-10-21(28(34)35)27-23-11-12-26-29(5)15-14-24(33)19(3)22(29)13-16-30(26,6)31(23,7)17-25(27)36-20(4)32/h9,19,22-26,33H,8,10-17H2,1-7H3,(H,34,35)/b27-21-/t19-,22-,23-,24+,25+,26-,29-,30-,31-/m0/s1. The Balaban J connectivity index is 1.77. The molecular weight excluding hydrogens is 452 g/mol. The second kappa shape index (κ2) is 9.60.